The van der Waals surface area contributed by atoms with E-state index in [1.54, 1.807) is 19.1 Å². The average Bonchev–Trinajstić information content (AvgIpc) is 2.82. The van der Waals surface area contributed by atoms with Crippen LogP contribution in [-0.4, -0.2) is 49.5 Å². The minimum Gasteiger partial charge on any atom is -0.369 e. The molecule has 1 aliphatic rings. The molecule has 8 nitrogen and oxygen atoms in total. The summed E-state index contributed by atoms with van der Waals surface area (Å²) in [6.07, 6.45) is 2.23. The number of amides is 2. The van der Waals surface area contributed by atoms with Gasteiger partial charge in [0.2, 0.25) is 21.8 Å². The summed E-state index contributed by atoms with van der Waals surface area (Å²) in [4.78, 5) is 35.7. The predicted octanol–water partition coefficient (Wildman–Crippen LogP) is 1.00. The van der Waals surface area contributed by atoms with E-state index in [2.05, 4.69) is 21.2 Å². The number of carbonyl (C=O) groups excluding carboxylic acids is 3. The summed E-state index contributed by atoms with van der Waals surface area (Å²) in [5.74, 6) is -1.84. The second kappa shape index (κ2) is 9.62. The number of primary amides is 1. The van der Waals surface area contributed by atoms with E-state index in [9.17, 15) is 22.8 Å². The number of ketones is 1. The molecule has 1 unspecified atom stereocenters. The Balaban J connectivity index is 2.00. The minimum atomic E-state index is -3.80. The molecule has 153 valence electrons. The molecular formula is C18H23BrN3O5S. The molecule has 1 aromatic rings. The average molecular weight is 473 g/mol. The van der Waals surface area contributed by atoms with Crippen molar-refractivity contribution in [2.24, 2.45) is 11.7 Å². The highest BCUT2D eigenvalue weighted by molar-refractivity contribution is 9.10. The Morgan fingerprint density at radius 2 is 2.00 bits per heavy atom. The molecule has 1 aromatic carbocycles. The van der Waals surface area contributed by atoms with Crippen LogP contribution in [0.15, 0.2) is 33.6 Å². The summed E-state index contributed by atoms with van der Waals surface area (Å²) in [6, 6.07) is 5.43. The first-order chi connectivity index (χ1) is 13.1. The number of hydrogen-bond donors (Lipinski definition) is 2. The van der Waals surface area contributed by atoms with E-state index in [1.165, 1.54) is 18.6 Å². The number of sulfonamides is 1. The summed E-state index contributed by atoms with van der Waals surface area (Å²) in [7, 11) is -3.80. The van der Waals surface area contributed by atoms with Gasteiger partial charge in [0.05, 0.1) is 23.9 Å². The molecular weight excluding hydrogens is 450 g/mol. The van der Waals surface area contributed by atoms with Gasteiger partial charge in [-0.25, -0.2) is 8.42 Å². The number of carbonyl (C=O) groups is 3. The molecule has 10 heteroatoms. The molecule has 0 spiro atoms. The SMILES string of the molecule is CC(C[CH]C(=O)N[C@H]1CCCN(S(=O)(=O)c2ccc(Br)cc2)CC1=O)C(N)=O. The molecule has 2 atom stereocenters. The second-order valence-corrected chi connectivity index (χ2v) is 9.56. The van der Waals surface area contributed by atoms with Gasteiger partial charge in [0.1, 0.15) is 0 Å². The van der Waals surface area contributed by atoms with Gasteiger partial charge in [-0.05, 0) is 43.5 Å². The van der Waals surface area contributed by atoms with Crippen LogP contribution in [0.3, 0.4) is 0 Å². The number of rotatable bonds is 7. The van der Waals surface area contributed by atoms with Crippen LogP contribution in [0.1, 0.15) is 26.2 Å². The van der Waals surface area contributed by atoms with Crippen molar-refractivity contribution in [3.63, 3.8) is 0 Å². The third-order valence-electron chi connectivity index (χ3n) is 4.53. The first-order valence-corrected chi connectivity index (χ1v) is 11.1. The van der Waals surface area contributed by atoms with Crippen LogP contribution < -0.4 is 11.1 Å². The maximum absolute atomic E-state index is 12.8. The van der Waals surface area contributed by atoms with Gasteiger partial charge in [0.25, 0.3) is 0 Å². The third-order valence-corrected chi connectivity index (χ3v) is 6.92. The lowest BCUT2D eigenvalue weighted by atomic mass is 10.0. The fourth-order valence-electron chi connectivity index (χ4n) is 2.74. The highest BCUT2D eigenvalue weighted by Crippen LogP contribution is 2.21. The fourth-order valence-corrected chi connectivity index (χ4v) is 4.45. The lowest BCUT2D eigenvalue weighted by Crippen LogP contribution is -2.44. The first-order valence-electron chi connectivity index (χ1n) is 8.82. The largest absolute Gasteiger partial charge is 0.369 e. The van der Waals surface area contributed by atoms with Gasteiger partial charge < -0.3 is 11.1 Å². The van der Waals surface area contributed by atoms with Crippen LogP contribution in [0.2, 0.25) is 0 Å². The fraction of sp³-hybridized carbons (Fsp3) is 0.444. The van der Waals surface area contributed by atoms with Crippen molar-refractivity contribution in [2.75, 3.05) is 13.1 Å². The van der Waals surface area contributed by atoms with Crippen molar-refractivity contribution in [2.45, 2.75) is 37.1 Å². The van der Waals surface area contributed by atoms with E-state index < -0.39 is 33.8 Å². The monoisotopic (exact) mass is 472 g/mol. The van der Waals surface area contributed by atoms with E-state index in [0.29, 0.717) is 12.8 Å². The number of hydrogen-bond acceptors (Lipinski definition) is 5. The highest BCUT2D eigenvalue weighted by Gasteiger charge is 2.32. The third kappa shape index (κ3) is 5.86. The van der Waals surface area contributed by atoms with Crippen LogP contribution in [0.25, 0.3) is 0 Å². The van der Waals surface area contributed by atoms with Crippen molar-refractivity contribution < 1.29 is 22.8 Å². The first kappa shape index (κ1) is 22.5. The van der Waals surface area contributed by atoms with Gasteiger partial charge >= 0.3 is 0 Å². The maximum atomic E-state index is 12.8. The molecule has 1 fully saturated rings. The van der Waals surface area contributed by atoms with E-state index in [0.717, 1.165) is 8.78 Å². The zero-order chi connectivity index (χ0) is 20.9. The van der Waals surface area contributed by atoms with Crippen molar-refractivity contribution in [3.05, 3.63) is 35.2 Å². The van der Waals surface area contributed by atoms with E-state index in [4.69, 9.17) is 5.73 Å². The molecule has 28 heavy (non-hydrogen) atoms. The van der Waals surface area contributed by atoms with Gasteiger partial charge in [-0.1, -0.05) is 22.9 Å². The summed E-state index contributed by atoms with van der Waals surface area (Å²) in [6.45, 7) is 1.49. The lowest BCUT2D eigenvalue weighted by Gasteiger charge is -2.20. The number of nitrogens with two attached hydrogens (primary N) is 1. The van der Waals surface area contributed by atoms with Gasteiger partial charge in [0, 0.05) is 16.9 Å². The molecule has 2 amide bonds. The molecule has 2 rings (SSSR count). The zero-order valence-corrected chi connectivity index (χ0v) is 17.8. The second-order valence-electron chi connectivity index (χ2n) is 6.71. The Morgan fingerprint density at radius 1 is 1.36 bits per heavy atom. The molecule has 0 saturated carbocycles. The summed E-state index contributed by atoms with van der Waals surface area (Å²) >= 11 is 3.26. The van der Waals surface area contributed by atoms with E-state index >= 15 is 0 Å². The Kier molecular flexibility index (Phi) is 7.73. The molecule has 1 saturated heterocycles. The summed E-state index contributed by atoms with van der Waals surface area (Å²) in [5, 5.41) is 2.60. The van der Waals surface area contributed by atoms with Gasteiger partial charge in [-0.2, -0.15) is 4.31 Å². The van der Waals surface area contributed by atoms with Gasteiger partial charge in [0.15, 0.2) is 5.78 Å². The molecule has 1 radical (unpaired) electrons. The maximum Gasteiger partial charge on any atom is 0.243 e. The van der Waals surface area contributed by atoms with Crippen molar-refractivity contribution in [3.8, 4) is 0 Å². The van der Waals surface area contributed by atoms with Gasteiger partial charge in [-0.3, -0.25) is 14.4 Å². The smallest absolute Gasteiger partial charge is 0.243 e. The lowest BCUT2D eigenvalue weighted by molar-refractivity contribution is -0.126. The highest BCUT2D eigenvalue weighted by atomic mass is 79.9. The Labute approximate surface area is 173 Å². The van der Waals surface area contributed by atoms with E-state index in [-0.39, 0.29) is 30.2 Å². The minimum absolute atomic E-state index is 0.111. The Bertz CT molecular complexity index is 841. The number of Topliss-reactive ketones (excluding diaryl/α,β-unsaturated/α-hetero) is 1. The van der Waals surface area contributed by atoms with Crippen LogP contribution in [0.5, 0.6) is 0 Å². The van der Waals surface area contributed by atoms with Crippen LogP contribution in [0.4, 0.5) is 0 Å². The van der Waals surface area contributed by atoms with E-state index in [1.807, 2.05) is 0 Å². The number of nitrogens with one attached hydrogen (secondary N) is 1. The summed E-state index contributed by atoms with van der Waals surface area (Å²) in [5.41, 5.74) is 5.15. The molecule has 0 aliphatic carbocycles. The number of benzene rings is 1. The van der Waals surface area contributed by atoms with Crippen molar-refractivity contribution >= 4 is 43.6 Å². The molecule has 1 aliphatic heterocycles. The van der Waals surface area contributed by atoms with Crippen LogP contribution in [0, 0.1) is 12.3 Å². The molecule has 0 bridgehead atoms. The normalized spacial score (nSPS) is 19.6. The van der Waals surface area contributed by atoms with Crippen molar-refractivity contribution in [1.82, 2.24) is 9.62 Å². The Morgan fingerprint density at radius 3 is 2.61 bits per heavy atom. The molecule has 0 aromatic heterocycles. The number of nitrogens with zero attached hydrogens (tertiary/aromatic N) is 1. The standard InChI is InChI=1S/C18H23BrN3O5S/c1-12(18(20)25)4-9-17(24)21-15-3-2-10-22(11-16(15)23)28(26,27)14-7-5-13(19)6-8-14/h5-9,12,15H,2-4,10-11H2,1H3,(H2,20,25)(H,21,24)/t12?,15-/m0/s1. The topological polar surface area (TPSA) is 127 Å². The molecule has 1 heterocycles. The van der Waals surface area contributed by atoms with Crippen LogP contribution >= 0.6 is 15.9 Å². The van der Waals surface area contributed by atoms with Crippen molar-refractivity contribution in [1.29, 1.82) is 0 Å². The van der Waals surface area contributed by atoms with Gasteiger partial charge in [-0.15, -0.1) is 0 Å². The Hall–Kier alpha value is -1.78. The molecule has 3 N–H and O–H groups in total. The number of halogens is 1. The predicted molar refractivity (Wildman–Crippen MR) is 106 cm³/mol. The quantitative estimate of drug-likeness (QED) is 0.611. The zero-order valence-electron chi connectivity index (χ0n) is 15.4. The van der Waals surface area contributed by atoms with Crippen LogP contribution in [-0.2, 0) is 24.4 Å². The summed E-state index contributed by atoms with van der Waals surface area (Å²) < 4.78 is 27.5.